The number of carbonyl (C=O) groups is 1. The molecule has 1 atom stereocenters. The fourth-order valence-corrected chi connectivity index (χ4v) is 2.90. The lowest BCUT2D eigenvalue weighted by Crippen LogP contribution is -2.07. The molecule has 0 bridgehead atoms. The minimum absolute atomic E-state index is 0.332. The van der Waals surface area contributed by atoms with Gasteiger partial charge in [0.1, 0.15) is 6.10 Å². The van der Waals surface area contributed by atoms with Gasteiger partial charge in [0.15, 0.2) is 0 Å². The Balaban J connectivity index is 2.10. The normalized spacial score (nSPS) is 11.5. The highest BCUT2D eigenvalue weighted by Gasteiger charge is 2.15. The molecule has 0 aliphatic carbocycles. The van der Waals surface area contributed by atoms with Crippen LogP contribution in [0.15, 0.2) is 91.0 Å². The van der Waals surface area contributed by atoms with E-state index in [2.05, 4.69) is 0 Å². The number of benzene rings is 3. The van der Waals surface area contributed by atoms with Gasteiger partial charge in [-0.2, -0.15) is 0 Å². The predicted octanol–water partition coefficient (Wildman–Crippen LogP) is 6.08. The average Bonchev–Trinajstić information content (AvgIpc) is 2.67. The maximum absolute atomic E-state index is 11.7. The van der Waals surface area contributed by atoms with Crippen LogP contribution >= 0.6 is 11.6 Å². The van der Waals surface area contributed by atoms with Crippen LogP contribution < -0.4 is 0 Å². The predicted molar refractivity (Wildman–Crippen MR) is 106 cm³/mol. The van der Waals surface area contributed by atoms with Gasteiger partial charge in [0.2, 0.25) is 0 Å². The summed E-state index contributed by atoms with van der Waals surface area (Å²) in [5.41, 5.74) is 4.00. The first-order valence-electron chi connectivity index (χ1n) is 8.39. The van der Waals surface area contributed by atoms with Crippen molar-refractivity contribution in [2.45, 2.75) is 13.0 Å². The lowest BCUT2D eigenvalue weighted by atomic mass is 9.95. The summed E-state index contributed by atoms with van der Waals surface area (Å²) in [6.07, 6.45) is 1.48. The fraction of sp³-hybridized carbons (Fsp3) is 0.0870. The third-order valence-corrected chi connectivity index (χ3v) is 4.23. The lowest BCUT2D eigenvalue weighted by Gasteiger charge is -2.17. The number of halogens is 1. The highest BCUT2D eigenvalue weighted by atomic mass is 35.5. The van der Waals surface area contributed by atoms with Gasteiger partial charge in [-0.1, -0.05) is 84.4 Å². The summed E-state index contributed by atoms with van der Waals surface area (Å²) in [5.74, 6) is -0.332. The van der Waals surface area contributed by atoms with E-state index >= 15 is 0 Å². The molecule has 1 unspecified atom stereocenters. The van der Waals surface area contributed by atoms with Crippen LogP contribution in [0.4, 0.5) is 0 Å². The zero-order valence-corrected chi connectivity index (χ0v) is 15.2. The van der Waals surface area contributed by atoms with Crippen LogP contribution in [-0.2, 0) is 9.53 Å². The molecule has 0 amide bonds. The lowest BCUT2D eigenvalue weighted by molar-refractivity contribution is -0.144. The van der Waals surface area contributed by atoms with E-state index < -0.39 is 6.10 Å². The zero-order chi connectivity index (χ0) is 18.4. The van der Waals surface area contributed by atoms with E-state index in [1.165, 1.54) is 6.92 Å². The molecule has 2 nitrogen and oxygen atoms in total. The Bertz CT molecular complexity index is 843. The van der Waals surface area contributed by atoms with Crippen LogP contribution in [0.25, 0.3) is 5.57 Å². The third-order valence-electron chi connectivity index (χ3n) is 3.98. The van der Waals surface area contributed by atoms with Gasteiger partial charge in [0.25, 0.3) is 0 Å². The summed E-state index contributed by atoms with van der Waals surface area (Å²) in [4.78, 5) is 11.7. The molecule has 0 fully saturated rings. The molecule has 0 saturated heterocycles. The summed E-state index contributed by atoms with van der Waals surface area (Å²) in [6, 6.07) is 27.5. The van der Waals surface area contributed by atoms with Crippen LogP contribution in [0.1, 0.15) is 29.7 Å². The van der Waals surface area contributed by atoms with Crippen molar-refractivity contribution in [2.75, 3.05) is 0 Å². The highest BCUT2D eigenvalue weighted by Crippen LogP contribution is 2.30. The summed E-state index contributed by atoms with van der Waals surface area (Å²) in [6.45, 7) is 1.42. The number of hydrogen-bond acceptors (Lipinski definition) is 2. The van der Waals surface area contributed by atoms with Crippen LogP contribution in [0.3, 0.4) is 0 Å². The Morgan fingerprint density at radius 1 is 0.846 bits per heavy atom. The van der Waals surface area contributed by atoms with Crippen LogP contribution in [0, 0.1) is 0 Å². The van der Waals surface area contributed by atoms with Gasteiger partial charge in [0.05, 0.1) is 0 Å². The van der Waals surface area contributed by atoms with E-state index in [4.69, 9.17) is 16.3 Å². The first kappa shape index (κ1) is 18.0. The maximum atomic E-state index is 11.7. The van der Waals surface area contributed by atoms with E-state index in [1.807, 2.05) is 78.9 Å². The van der Waals surface area contributed by atoms with Gasteiger partial charge >= 0.3 is 5.97 Å². The molecule has 130 valence electrons. The quantitative estimate of drug-likeness (QED) is 0.514. The molecule has 3 rings (SSSR count). The Morgan fingerprint density at radius 2 is 1.35 bits per heavy atom. The first-order chi connectivity index (χ1) is 12.6. The van der Waals surface area contributed by atoms with E-state index in [0.29, 0.717) is 5.02 Å². The van der Waals surface area contributed by atoms with Gasteiger partial charge < -0.3 is 4.74 Å². The van der Waals surface area contributed by atoms with E-state index in [0.717, 1.165) is 22.3 Å². The Labute approximate surface area is 158 Å². The smallest absolute Gasteiger partial charge is 0.303 e. The van der Waals surface area contributed by atoms with Gasteiger partial charge in [0, 0.05) is 11.9 Å². The van der Waals surface area contributed by atoms with Crippen molar-refractivity contribution in [1.29, 1.82) is 0 Å². The Kier molecular flexibility index (Phi) is 5.88. The highest BCUT2D eigenvalue weighted by molar-refractivity contribution is 6.30. The molecular formula is C23H19ClO2. The maximum Gasteiger partial charge on any atom is 0.303 e. The molecule has 0 aliphatic heterocycles. The summed E-state index contributed by atoms with van der Waals surface area (Å²) >= 11 is 6.00. The van der Waals surface area contributed by atoms with E-state index in [1.54, 1.807) is 12.1 Å². The summed E-state index contributed by atoms with van der Waals surface area (Å²) < 4.78 is 5.59. The summed E-state index contributed by atoms with van der Waals surface area (Å²) in [5, 5.41) is 0.644. The van der Waals surface area contributed by atoms with E-state index in [9.17, 15) is 4.79 Å². The van der Waals surface area contributed by atoms with Crippen LogP contribution in [0.5, 0.6) is 0 Å². The van der Waals surface area contributed by atoms with Gasteiger partial charge in [-0.15, -0.1) is 0 Å². The second-order valence-electron chi connectivity index (χ2n) is 5.89. The molecule has 0 spiro atoms. The molecule has 0 radical (unpaired) electrons. The summed E-state index contributed by atoms with van der Waals surface area (Å²) in [7, 11) is 0. The third kappa shape index (κ3) is 4.62. The van der Waals surface area contributed by atoms with Gasteiger partial charge in [-0.25, -0.2) is 0 Å². The molecule has 0 N–H and O–H groups in total. The number of hydrogen-bond donors (Lipinski definition) is 0. The second kappa shape index (κ2) is 8.50. The van der Waals surface area contributed by atoms with Crippen molar-refractivity contribution < 1.29 is 9.53 Å². The molecule has 0 aliphatic rings. The minimum Gasteiger partial charge on any atom is -0.453 e. The minimum atomic E-state index is -0.500. The number of ether oxygens (including phenoxy) is 1. The SMILES string of the molecule is CC(=O)OC(C=C(c1ccccc1)c1ccccc1)c1ccc(Cl)cc1. The second-order valence-corrected chi connectivity index (χ2v) is 6.33. The fourth-order valence-electron chi connectivity index (χ4n) is 2.78. The van der Waals surface area contributed by atoms with Crippen LogP contribution in [-0.4, -0.2) is 5.97 Å². The Morgan fingerprint density at radius 3 is 1.81 bits per heavy atom. The molecular weight excluding hydrogens is 344 g/mol. The van der Waals surface area contributed by atoms with Crippen molar-refractivity contribution in [3.63, 3.8) is 0 Å². The number of esters is 1. The largest absolute Gasteiger partial charge is 0.453 e. The topological polar surface area (TPSA) is 26.3 Å². The van der Waals surface area contributed by atoms with Crippen molar-refractivity contribution >= 4 is 23.1 Å². The standard InChI is InChI=1S/C23H19ClO2/c1-17(25)26-23(20-12-14-21(24)15-13-20)16-22(18-8-4-2-5-9-18)19-10-6-3-7-11-19/h2-16,23H,1H3. The van der Waals surface area contributed by atoms with Crippen molar-refractivity contribution in [1.82, 2.24) is 0 Å². The van der Waals surface area contributed by atoms with Gasteiger partial charge in [-0.05, 0) is 40.5 Å². The van der Waals surface area contributed by atoms with Crippen molar-refractivity contribution in [3.8, 4) is 0 Å². The number of rotatable bonds is 5. The number of carbonyl (C=O) groups excluding carboxylic acids is 1. The monoisotopic (exact) mass is 362 g/mol. The van der Waals surface area contributed by atoms with Crippen molar-refractivity contribution in [2.24, 2.45) is 0 Å². The molecule has 0 heterocycles. The molecule has 3 aromatic carbocycles. The average molecular weight is 363 g/mol. The molecule has 3 heteroatoms. The molecule has 3 aromatic rings. The molecule has 0 aromatic heterocycles. The van der Waals surface area contributed by atoms with Gasteiger partial charge in [-0.3, -0.25) is 4.79 Å². The zero-order valence-electron chi connectivity index (χ0n) is 14.4. The molecule has 26 heavy (non-hydrogen) atoms. The first-order valence-corrected chi connectivity index (χ1v) is 8.76. The molecule has 0 saturated carbocycles. The van der Waals surface area contributed by atoms with E-state index in [-0.39, 0.29) is 5.97 Å². The van der Waals surface area contributed by atoms with Crippen LogP contribution in [0.2, 0.25) is 5.02 Å². The van der Waals surface area contributed by atoms with Crippen molar-refractivity contribution in [3.05, 3.63) is 113 Å². The Hall–Kier alpha value is -2.84.